The van der Waals surface area contributed by atoms with Crippen LogP contribution >= 0.6 is 0 Å². The minimum absolute atomic E-state index is 0.0772. The van der Waals surface area contributed by atoms with Crippen molar-refractivity contribution in [3.8, 4) is 5.75 Å². The van der Waals surface area contributed by atoms with Crippen molar-refractivity contribution in [1.82, 2.24) is 10.2 Å². The van der Waals surface area contributed by atoms with E-state index < -0.39 is 0 Å². The lowest BCUT2D eigenvalue weighted by atomic mass is 10.00. The topological polar surface area (TPSA) is 50.8 Å². The van der Waals surface area contributed by atoms with Crippen molar-refractivity contribution >= 4 is 5.91 Å². The van der Waals surface area contributed by atoms with Gasteiger partial charge in [-0.15, -0.1) is 0 Å². The highest BCUT2D eigenvalue weighted by Crippen LogP contribution is 2.21. The number of morpholine rings is 1. The highest BCUT2D eigenvalue weighted by molar-refractivity contribution is 5.76. The summed E-state index contributed by atoms with van der Waals surface area (Å²) in [5.41, 5.74) is 0.974. The average molecular weight is 348 g/mol. The molecule has 0 aromatic heterocycles. The normalized spacial score (nSPS) is 21.8. The molecule has 0 unspecified atom stereocenters. The second-order valence-corrected chi connectivity index (χ2v) is 7.56. The fourth-order valence-corrected chi connectivity index (χ4v) is 3.34. The van der Waals surface area contributed by atoms with Crippen LogP contribution in [0.4, 0.5) is 0 Å². The molecule has 2 atom stereocenters. The summed E-state index contributed by atoms with van der Waals surface area (Å²) >= 11 is 0. The van der Waals surface area contributed by atoms with Crippen LogP contribution in [0.15, 0.2) is 24.3 Å². The largest absolute Gasteiger partial charge is 0.496 e. The van der Waals surface area contributed by atoms with Crippen LogP contribution in [-0.4, -0.2) is 55.3 Å². The highest BCUT2D eigenvalue weighted by Gasteiger charge is 2.33. The third-order valence-corrected chi connectivity index (χ3v) is 4.81. The van der Waals surface area contributed by atoms with Crippen LogP contribution < -0.4 is 10.1 Å². The summed E-state index contributed by atoms with van der Waals surface area (Å²) in [6.07, 6.45) is 1.60. The number of methoxy groups -OCH3 is 1. The van der Waals surface area contributed by atoms with E-state index in [1.54, 1.807) is 7.11 Å². The Kier molecular flexibility index (Phi) is 6.85. The van der Waals surface area contributed by atoms with Gasteiger partial charge < -0.3 is 14.8 Å². The van der Waals surface area contributed by atoms with Gasteiger partial charge in [0.25, 0.3) is 0 Å². The summed E-state index contributed by atoms with van der Waals surface area (Å²) in [6.45, 7) is 11.0. The van der Waals surface area contributed by atoms with Gasteiger partial charge in [-0.2, -0.15) is 0 Å². The molecule has 0 radical (unpaired) electrons. The van der Waals surface area contributed by atoms with Crippen LogP contribution in [0.25, 0.3) is 0 Å². The van der Waals surface area contributed by atoms with Gasteiger partial charge in [0.2, 0.25) is 5.91 Å². The number of amides is 1. The zero-order chi connectivity index (χ0) is 18.4. The summed E-state index contributed by atoms with van der Waals surface area (Å²) in [7, 11) is 1.66. The summed E-state index contributed by atoms with van der Waals surface area (Å²) in [4.78, 5) is 14.7. The van der Waals surface area contributed by atoms with E-state index in [2.05, 4.69) is 37.9 Å². The van der Waals surface area contributed by atoms with Gasteiger partial charge in [-0.3, -0.25) is 9.69 Å². The number of para-hydroxylation sites is 1. The minimum atomic E-state index is -0.0909. The van der Waals surface area contributed by atoms with Gasteiger partial charge in [0.15, 0.2) is 0 Å². The fraction of sp³-hybridized carbons (Fsp3) is 0.650. The molecule has 5 heteroatoms. The summed E-state index contributed by atoms with van der Waals surface area (Å²) in [5.74, 6) is 0.917. The Morgan fingerprint density at radius 1 is 1.28 bits per heavy atom. The molecule has 1 aliphatic heterocycles. The number of rotatable bonds is 7. The van der Waals surface area contributed by atoms with Crippen molar-refractivity contribution in [3.63, 3.8) is 0 Å². The Morgan fingerprint density at radius 2 is 1.92 bits per heavy atom. The summed E-state index contributed by atoms with van der Waals surface area (Å²) in [6, 6.07) is 7.85. The van der Waals surface area contributed by atoms with Crippen molar-refractivity contribution in [3.05, 3.63) is 29.8 Å². The first-order valence-corrected chi connectivity index (χ1v) is 9.11. The van der Waals surface area contributed by atoms with E-state index in [9.17, 15) is 4.79 Å². The summed E-state index contributed by atoms with van der Waals surface area (Å²) in [5, 5.41) is 3.10. The second-order valence-electron chi connectivity index (χ2n) is 7.56. The van der Waals surface area contributed by atoms with E-state index in [0.717, 1.165) is 24.4 Å². The third-order valence-electron chi connectivity index (χ3n) is 4.81. The maximum absolute atomic E-state index is 12.3. The molecular weight excluding hydrogens is 316 g/mol. The lowest BCUT2D eigenvalue weighted by Gasteiger charge is -2.45. The molecule has 0 bridgehead atoms. The van der Waals surface area contributed by atoms with Crippen LogP contribution in [0, 0.1) is 0 Å². The lowest BCUT2D eigenvalue weighted by molar-refractivity contribution is -0.122. The van der Waals surface area contributed by atoms with Crippen LogP contribution in [0.3, 0.4) is 0 Å². The predicted molar refractivity (Wildman–Crippen MR) is 100.0 cm³/mol. The van der Waals surface area contributed by atoms with E-state index in [1.165, 1.54) is 0 Å². The first kappa shape index (κ1) is 19.7. The van der Waals surface area contributed by atoms with Crippen molar-refractivity contribution in [2.75, 3.05) is 26.7 Å². The zero-order valence-corrected chi connectivity index (χ0v) is 16.2. The molecule has 1 aliphatic rings. The molecule has 2 rings (SSSR count). The number of nitrogens with one attached hydrogen (secondary N) is 1. The van der Waals surface area contributed by atoms with Crippen molar-refractivity contribution in [2.45, 2.75) is 58.3 Å². The number of benzene rings is 1. The molecule has 1 aromatic rings. The molecule has 5 nitrogen and oxygen atoms in total. The zero-order valence-electron chi connectivity index (χ0n) is 16.2. The number of carbonyl (C=O) groups excluding carboxylic acids is 1. The van der Waals surface area contributed by atoms with Gasteiger partial charge in [0.05, 0.1) is 19.3 Å². The quantitative estimate of drug-likeness (QED) is 0.823. The van der Waals surface area contributed by atoms with Gasteiger partial charge in [0, 0.05) is 31.6 Å². The Labute approximate surface area is 151 Å². The Balaban J connectivity index is 1.82. The fourth-order valence-electron chi connectivity index (χ4n) is 3.34. The van der Waals surface area contributed by atoms with E-state index in [0.29, 0.717) is 19.4 Å². The van der Waals surface area contributed by atoms with E-state index in [1.807, 2.05) is 24.3 Å². The molecule has 0 saturated carbocycles. The van der Waals surface area contributed by atoms with Gasteiger partial charge in [-0.05, 0) is 45.7 Å². The van der Waals surface area contributed by atoms with Gasteiger partial charge in [-0.1, -0.05) is 18.2 Å². The van der Waals surface area contributed by atoms with Crippen molar-refractivity contribution < 1.29 is 14.3 Å². The Bertz CT molecular complexity index is 564. The van der Waals surface area contributed by atoms with Crippen LogP contribution in [0.1, 0.15) is 39.7 Å². The van der Waals surface area contributed by atoms with E-state index in [4.69, 9.17) is 9.47 Å². The SMILES string of the molecule is COc1ccccc1CCC(=O)NCC(C)(C)N1C[C@@H](C)O[C@H](C)C1. The minimum Gasteiger partial charge on any atom is -0.496 e. The number of aryl methyl sites for hydroxylation is 1. The molecule has 140 valence electrons. The number of carbonyl (C=O) groups is 1. The standard InChI is InChI=1S/C20H32N2O3/c1-15-12-22(13-16(2)25-15)20(3,4)14-21-19(23)11-10-17-8-6-7-9-18(17)24-5/h6-9,15-16H,10-14H2,1-5H3,(H,21,23)/t15-,16-/m1/s1. The third kappa shape index (κ3) is 5.72. The molecule has 1 amide bonds. The van der Waals surface area contributed by atoms with Gasteiger partial charge in [0.1, 0.15) is 5.75 Å². The monoisotopic (exact) mass is 348 g/mol. The van der Waals surface area contributed by atoms with Crippen LogP contribution in [0.5, 0.6) is 5.75 Å². The highest BCUT2D eigenvalue weighted by atomic mass is 16.5. The molecule has 1 fully saturated rings. The smallest absolute Gasteiger partial charge is 0.220 e. The molecule has 1 heterocycles. The van der Waals surface area contributed by atoms with Gasteiger partial charge >= 0.3 is 0 Å². The number of nitrogens with zero attached hydrogens (tertiary/aromatic N) is 1. The molecule has 25 heavy (non-hydrogen) atoms. The summed E-state index contributed by atoms with van der Waals surface area (Å²) < 4.78 is 11.1. The van der Waals surface area contributed by atoms with E-state index in [-0.39, 0.29) is 23.7 Å². The van der Waals surface area contributed by atoms with Gasteiger partial charge in [-0.25, -0.2) is 0 Å². The molecular formula is C20H32N2O3. The van der Waals surface area contributed by atoms with Crippen LogP contribution in [-0.2, 0) is 16.0 Å². The first-order chi connectivity index (χ1) is 11.8. The lowest BCUT2D eigenvalue weighted by Crippen LogP contribution is -2.58. The molecule has 0 spiro atoms. The number of ether oxygens (including phenoxy) is 2. The van der Waals surface area contributed by atoms with Crippen LogP contribution in [0.2, 0.25) is 0 Å². The van der Waals surface area contributed by atoms with Crippen molar-refractivity contribution in [1.29, 1.82) is 0 Å². The predicted octanol–water partition coefficient (Wildman–Crippen LogP) is 2.63. The second kappa shape index (κ2) is 8.68. The molecule has 0 aliphatic carbocycles. The van der Waals surface area contributed by atoms with E-state index >= 15 is 0 Å². The molecule has 1 N–H and O–H groups in total. The molecule has 1 aromatic carbocycles. The maximum Gasteiger partial charge on any atom is 0.220 e. The number of hydrogen-bond acceptors (Lipinski definition) is 4. The Hall–Kier alpha value is -1.59. The Morgan fingerprint density at radius 3 is 2.56 bits per heavy atom. The first-order valence-electron chi connectivity index (χ1n) is 9.11. The van der Waals surface area contributed by atoms with Crippen molar-refractivity contribution in [2.24, 2.45) is 0 Å². The maximum atomic E-state index is 12.3. The number of hydrogen-bond donors (Lipinski definition) is 1. The molecule has 1 saturated heterocycles. The average Bonchev–Trinajstić information content (AvgIpc) is 2.57.